The van der Waals surface area contributed by atoms with Crippen molar-refractivity contribution in [3.05, 3.63) is 325 Å². The van der Waals surface area contributed by atoms with E-state index in [4.69, 9.17) is 52.1 Å². The zero-order chi connectivity index (χ0) is 92.1. The number of ether oxygens (including phenoxy) is 11. The summed E-state index contributed by atoms with van der Waals surface area (Å²) >= 11 is 0. The first-order chi connectivity index (χ1) is 59.9. The van der Waals surface area contributed by atoms with Crippen molar-refractivity contribution in [1.29, 1.82) is 0 Å². The molecule has 8 aromatic rings. The molecule has 3 atom stereocenters. The molecule has 0 aliphatic heterocycles. The fourth-order valence-corrected chi connectivity index (χ4v) is 13.9. The van der Waals surface area contributed by atoms with Gasteiger partial charge >= 0.3 is 65.7 Å². The Labute approximate surface area is 733 Å². The van der Waals surface area contributed by atoms with Crippen molar-refractivity contribution in [2.24, 2.45) is 0 Å². The summed E-state index contributed by atoms with van der Waals surface area (Å²) in [7, 11) is 0. The summed E-state index contributed by atoms with van der Waals surface area (Å²) in [5.74, 6) is -3.99. The smallest absolute Gasteiger partial charge is 0.338 e. The maximum atomic E-state index is 12.2. The lowest BCUT2D eigenvalue weighted by molar-refractivity contribution is -0.143. The molecule has 0 radical (unpaired) electrons. The van der Waals surface area contributed by atoms with Crippen LogP contribution in [0.1, 0.15) is 150 Å². The van der Waals surface area contributed by atoms with Crippen molar-refractivity contribution >= 4 is 65.7 Å². The Morgan fingerprint density at radius 2 is 0.611 bits per heavy atom. The molecule has 0 aromatic heterocycles. The summed E-state index contributed by atoms with van der Waals surface area (Å²) in [6.45, 7) is 53.9. The Morgan fingerprint density at radius 3 is 1.01 bits per heavy atom. The van der Waals surface area contributed by atoms with Crippen LogP contribution in [0.2, 0.25) is 0 Å². The van der Waals surface area contributed by atoms with E-state index in [2.05, 4.69) is 72.4 Å². The van der Waals surface area contributed by atoms with Crippen LogP contribution in [0.4, 0.5) is 0 Å². The Bertz CT molecular complexity index is 5870. The predicted molar refractivity (Wildman–Crippen MR) is 480 cm³/mol. The van der Waals surface area contributed by atoms with Gasteiger partial charge in [0.05, 0.1) is 13.2 Å². The van der Waals surface area contributed by atoms with E-state index in [1.165, 1.54) is 47.1 Å². The van der Waals surface area contributed by atoms with Crippen LogP contribution >= 0.6 is 0 Å². The number of esters is 11. The molecule has 22 nitrogen and oxygen atoms in total. The zero-order valence-electron chi connectivity index (χ0n) is 72.3. The van der Waals surface area contributed by atoms with Gasteiger partial charge in [-0.15, -0.1) is 0 Å². The van der Waals surface area contributed by atoms with Crippen LogP contribution in [0, 0.1) is 0 Å². The topological polar surface area (TPSA) is 289 Å². The molecule has 0 amide bonds. The standard InChI is InChI=1S/C28H28O6.C27H26O6.C26H24O6.C23H22O4/c1-16(2)26(29)32-15-20-10-12-23-21(8-7-9-22(20)23)19-11-13-24(33-27(30)17(3)4)25(14-19)34-28(31)18(5)6;1-6-25(28)31-15-19-10-12-22-20(8-7-9-21(19)22)18-11-13-23(32-26(29)16(2)3)24(14-18)33-27(30)17(4)5;1-6-24(27)30-21-13-11-19-18(8-7-9-20(19)21)17-10-12-22(31-25(28)15(2)3)23(14-17)32-26(29)16(4)5;1-14(2)22(24)26-17-8-5-7-16(13-17)18-11-12-21(27-23(25)15(3)4)20-10-6-9-19(18)20/h7-9,11,13-14,20H,1,3,5,10,12,15H2,2,4,6H3;6-9,11,13-14,19H,1-2,4,10,12,15H2,3,5H3;6-10,12,14,21H,1-2,4,11,13H2,3,5H3;5,7-8,11-13H,1,3,6,9-10H2,2,4H3. The lowest BCUT2D eigenvalue weighted by Crippen LogP contribution is -2.13. The van der Waals surface area contributed by atoms with E-state index in [1.807, 2.05) is 91.0 Å². The number of fused-ring (bicyclic) bond motifs is 4. The first kappa shape index (κ1) is 94.9. The first-order valence-electron chi connectivity index (χ1n) is 40.4. The number of benzene rings is 8. The van der Waals surface area contributed by atoms with Crippen LogP contribution in [0.5, 0.6) is 46.0 Å². The van der Waals surface area contributed by atoms with Gasteiger partial charge in [0.1, 0.15) is 17.6 Å². The van der Waals surface area contributed by atoms with Crippen LogP contribution < -0.4 is 37.9 Å². The minimum atomic E-state index is -0.635. The van der Waals surface area contributed by atoms with E-state index in [-0.39, 0.29) is 85.9 Å². The van der Waals surface area contributed by atoms with Gasteiger partial charge in [0.15, 0.2) is 34.5 Å². The Hall–Kier alpha value is -14.9. The van der Waals surface area contributed by atoms with Crippen LogP contribution in [-0.4, -0.2) is 78.9 Å². The number of hydrogen-bond donors (Lipinski definition) is 0. The van der Waals surface area contributed by atoms with Gasteiger partial charge in [0.2, 0.25) is 0 Å². The van der Waals surface area contributed by atoms with E-state index >= 15 is 0 Å². The Kier molecular flexibility index (Phi) is 32.6. The second kappa shape index (κ2) is 43.2. The molecule has 0 fully saturated rings. The maximum absolute atomic E-state index is 12.2. The summed E-state index contributed by atoms with van der Waals surface area (Å²) < 4.78 is 59.3. The monoisotopic (exact) mass is 1700 g/mol. The maximum Gasteiger partial charge on any atom is 0.338 e. The van der Waals surface area contributed by atoms with Crippen LogP contribution in [0.15, 0.2) is 280 Å². The molecule has 4 aliphatic carbocycles. The highest BCUT2D eigenvalue weighted by molar-refractivity contribution is 5.96. The zero-order valence-corrected chi connectivity index (χ0v) is 72.3. The van der Waals surface area contributed by atoms with E-state index in [0.29, 0.717) is 54.3 Å². The third-order valence-electron chi connectivity index (χ3n) is 20.4. The minimum Gasteiger partial charge on any atom is -0.462 e. The van der Waals surface area contributed by atoms with Gasteiger partial charge in [-0.2, -0.15) is 0 Å². The SMILES string of the molecule is C=C(C)C(=O)OCC1CCc2c(-c3ccc(OC(=O)C(=C)C)c(OC(=O)C(=C)C)c3)cccc21.C=C(C)C(=O)Oc1cccc(-c2ccc(OC(=O)C(=C)C)c3c2CCC3)c1.C=CC(=O)OC1CCc2c(-c3ccc(OC(=O)C(=C)C)c(OC(=O)C(=C)C)c3)cccc21.C=CC(=O)OCC1CCc2c(-c3ccc(OC(=O)C(=C)C)c(OC(=O)C(=C)C)c3)cccc21. The molecule has 126 heavy (non-hydrogen) atoms. The highest BCUT2D eigenvalue weighted by atomic mass is 16.6. The van der Waals surface area contributed by atoms with Gasteiger partial charge in [-0.1, -0.05) is 163 Å². The van der Waals surface area contributed by atoms with Crippen molar-refractivity contribution in [3.8, 4) is 90.5 Å². The van der Waals surface area contributed by atoms with Crippen molar-refractivity contribution in [1.82, 2.24) is 0 Å². The molecule has 3 unspecified atom stereocenters. The molecule has 8 aromatic carbocycles. The third-order valence-corrected chi connectivity index (χ3v) is 20.4. The first-order valence-corrected chi connectivity index (χ1v) is 40.4. The highest BCUT2D eigenvalue weighted by Gasteiger charge is 2.32. The van der Waals surface area contributed by atoms with Crippen molar-refractivity contribution in [2.45, 2.75) is 138 Å². The van der Waals surface area contributed by atoms with E-state index in [9.17, 15) is 52.7 Å². The molecule has 0 spiro atoms. The average Bonchev–Trinajstić information content (AvgIpc) is 1.62. The normalized spacial score (nSPS) is 13.7. The summed E-state index contributed by atoms with van der Waals surface area (Å²) in [5, 5.41) is 0. The number of carbonyl (C=O) groups is 11. The van der Waals surface area contributed by atoms with Crippen LogP contribution in [-0.2, 0) is 99.1 Å². The lowest BCUT2D eigenvalue weighted by Gasteiger charge is -2.15. The Morgan fingerprint density at radius 1 is 0.294 bits per heavy atom. The third kappa shape index (κ3) is 24.5. The highest BCUT2D eigenvalue weighted by Crippen LogP contribution is 2.47. The quantitative estimate of drug-likeness (QED) is 0.0190. The second-order valence-electron chi connectivity index (χ2n) is 30.8. The molecule has 0 N–H and O–H groups in total. The fraction of sp³-hybridized carbons (Fsp3) is 0.221. The average molecular weight is 1700 g/mol. The molecule has 22 heteroatoms. The van der Waals surface area contributed by atoms with Crippen molar-refractivity contribution in [2.75, 3.05) is 13.2 Å². The van der Waals surface area contributed by atoms with E-state index in [0.717, 1.165) is 141 Å². The van der Waals surface area contributed by atoms with E-state index < -0.39 is 65.7 Å². The molecule has 4 aliphatic rings. The molecular formula is C104H100O22. The van der Waals surface area contributed by atoms with Crippen molar-refractivity contribution < 1.29 is 105 Å². The fourth-order valence-electron chi connectivity index (χ4n) is 13.9. The lowest BCUT2D eigenvalue weighted by atomic mass is 9.94. The number of hydrogen-bond acceptors (Lipinski definition) is 22. The van der Waals surface area contributed by atoms with Gasteiger partial charge in [0, 0.05) is 74.1 Å². The van der Waals surface area contributed by atoms with Gasteiger partial charge in [-0.05, 0) is 264 Å². The van der Waals surface area contributed by atoms with Crippen LogP contribution in [0.25, 0.3) is 44.5 Å². The molecule has 0 bridgehead atoms. The molecular weight excluding hydrogens is 1600 g/mol. The van der Waals surface area contributed by atoms with E-state index in [1.54, 1.807) is 75.4 Å². The van der Waals surface area contributed by atoms with Crippen LogP contribution in [0.3, 0.4) is 0 Å². The summed E-state index contributed by atoms with van der Waals surface area (Å²) in [6, 6.07) is 44.0. The Balaban J connectivity index is 0.000000191. The summed E-state index contributed by atoms with van der Waals surface area (Å²) in [5.41, 5.74) is 18.3. The largest absolute Gasteiger partial charge is 0.462 e. The van der Waals surface area contributed by atoms with Gasteiger partial charge in [-0.25, -0.2) is 52.7 Å². The van der Waals surface area contributed by atoms with Gasteiger partial charge < -0.3 is 52.1 Å². The molecule has 0 heterocycles. The second-order valence-corrected chi connectivity index (χ2v) is 30.8. The summed E-state index contributed by atoms with van der Waals surface area (Å²) in [4.78, 5) is 131. The number of rotatable bonds is 28. The minimum absolute atomic E-state index is 0.0924. The molecule has 0 saturated heterocycles. The number of carbonyl (C=O) groups excluding carboxylic acids is 11. The van der Waals surface area contributed by atoms with Crippen molar-refractivity contribution in [3.63, 3.8) is 0 Å². The van der Waals surface area contributed by atoms with Gasteiger partial charge in [0.25, 0.3) is 0 Å². The predicted octanol–water partition coefficient (Wildman–Crippen LogP) is 20.4. The summed E-state index contributed by atoms with van der Waals surface area (Å²) in [6.07, 6.45) is 9.46. The molecule has 648 valence electrons. The molecule has 12 rings (SSSR count). The van der Waals surface area contributed by atoms with Gasteiger partial charge in [-0.3, -0.25) is 0 Å². The molecule has 0 saturated carbocycles.